The van der Waals surface area contributed by atoms with Gasteiger partial charge in [-0.1, -0.05) is 30.3 Å². The van der Waals surface area contributed by atoms with Crippen LogP contribution < -0.4 is 16.0 Å². The van der Waals surface area contributed by atoms with E-state index in [0.717, 1.165) is 31.5 Å². The molecule has 1 aromatic carbocycles. The van der Waals surface area contributed by atoms with Crippen LogP contribution in [0.15, 0.2) is 30.3 Å². The van der Waals surface area contributed by atoms with Gasteiger partial charge in [0.1, 0.15) is 0 Å². The molecule has 7 nitrogen and oxygen atoms in total. The van der Waals surface area contributed by atoms with Gasteiger partial charge >= 0.3 is 6.03 Å². The monoisotopic (exact) mass is 358 g/mol. The summed E-state index contributed by atoms with van der Waals surface area (Å²) in [5.74, 6) is -0.346. The molecule has 2 aliphatic heterocycles. The third-order valence-electron chi connectivity index (χ3n) is 5.19. The molecule has 2 unspecified atom stereocenters. The molecule has 4 amide bonds. The van der Waals surface area contributed by atoms with Gasteiger partial charge in [0.25, 0.3) is 0 Å². The molecule has 2 saturated heterocycles. The smallest absolute Gasteiger partial charge is 0.321 e. The Bertz CT molecular complexity index is 658. The lowest BCUT2D eigenvalue weighted by Crippen LogP contribution is -2.48. The Labute approximate surface area is 153 Å². The van der Waals surface area contributed by atoms with Crippen LogP contribution in [0.5, 0.6) is 0 Å². The van der Waals surface area contributed by atoms with E-state index in [-0.39, 0.29) is 36.2 Å². The van der Waals surface area contributed by atoms with E-state index < -0.39 is 6.03 Å². The highest BCUT2D eigenvalue weighted by molar-refractivity contribution is 5.96. The fourth-order valence-electron chi connectivity index (χ4n) is 3.63. The molecule has 140 valence electrons. The van der Waals surface area contributed by atoms with Gasteiger partial charge < -0.3 is 15.5 Å². The highest BCUT2D eigenvalue weighted by atomic mass is 16.2. The molecule has 2 atom stereocenters. The van der Waals surface area contributed by atoms with Gasteiger partial charge in [-0.2, -0.15) is 0 Å². The second kappa shape index (κ2) is 8.31. The van der Waals surface area contributed by atoms with E-state index in [4.69, 9.17) is 0 Å². The number of nitrogens with one attached hydrogen (secondary N) is 3. The number of urea groups is 1. The van der Waals surface area contributed by atoms with Crippen LogP contribution >= 0.6 is 0 Å². The second-order valence-electron chi connectivity index (χ2n) is 7.02. The Balaban J connectivity index is 1.50. The lowest BCUT2D eigenvalue weighted by molar-refractivity contribution is -0.129. The summed E-state index contributed by atoms with van der Waals surface area (Å²) in [5, 5.41) is 8.38. The summed E-state index contributed by atoms with van der Waals surface area (Å²) in [6, 6.07) is 8.97. The van der Waals surface area contributed by atoms with Gasteiger partial charge in [-0.15, -0.1) is 0 Å². The van der Waals surface area contributed by atoms with Crippen LogP contribution in [-0.2, 0) is 9.59 Å². The number of carbonyl (C=O) groups is 3. The summed E-state index contributed by atoms with van der Waals surface area (Å²) in [5.41, 5.74) is 1.06. The molecule has 3 N–H and O–H groups in total. The molecule has 2 heterocycles. The Morgan fingerprint density at radius 1 is 1.19 bits per heavy atom. The highest BCUT2D eigenvalue weighted by Crippen LogP contribution is 2.25. The third kappa shape index (κ3) is 4.40. The normalized spacial score (nSPS) is 22.1. The number of amides is 4. The standard InChI is InChI=1S/C19H26N4O3/c1-13(14-5-3-2-4-6-14)23-12-16(11-17(23)24)21-19(26)22-18(25)15-7-9-20-10-8-15/h2-6,13,15-16,20H,7-12H2,1H3,(H2,21,22,25,26). The molecule has 0 saturated carbocycles. The molecule has 0 spiro atoms. The zero-order chi connectivity index (χ0) is 18.5. The van der Waals surface area contributed by atoms with Crippen LogP contribution in [0, 0.1) is 5.92 Å². The van der Waals surface area contributed by atoms with Crippen molar-refractivity contribution in [1.82, 2.24) is 20.9 Å². The first-order valence-electron chi connectivity index (χ1n) is 9.21. The molecule has 3 rings (SSSR count). The first-order valence-corrected chi connectivity index (χ1v) is 9.21. The maximum absolute atomic E-state index is 12.3. The van der Waals surface area contributed by atoms with Crippen molar-refractivity contribution in [2.75, 3.05) is 19.6 Å². The fourth-order valence-corrected chi connectivity index (χ4v) is 3.63. The molecule has 26 heavy (non-hydrogen) atoms. The second-order valence-corrected chi connectivity index (χ2v) is 7.02. The van der Waals surface area contributed by atoms with Crippen molar-refractivity contribution >= 4 is 17.8 Å². The van der Waals surface area contributed by atoms with Gasteiger partial charge in [0.2, 0.25) is 11.8 Å². The quantitative estimate of drug-likeness (QED) is 0.754. The predicted molar refractivity (Wildman–Crippen MR) is 97.2 cm³/mol. The van der Waals surface area contributed by atoms with Gasteiger partial charge in [0, 0.05) is 18.9 Å². The summed E-state index contributed by atoms with van der Waals surface area (Å²) in [6.45, 7) is 4.02. The molecule has 0 bridgehead atoms. The molecule has 7 heteroatoms. The number of nitrogens with zero attached hydrogens (tertiary/aromatic N) is 1. The topological polar surface area (TPSA) is 90.5 Å². The van der Waals surface area contributed by atoms with Crippen molar-refractivity contribution in [2.24, 2.45) is 5.92 Å². The summed E-state index contributed by atoms with van der Waals surface area (Å²) in [4.78, 5) is 38.3. The van der Waals surface area contributed by atoms with E-state index in [1.807, 2.05) is 37.3 Å². The van der Waals surface area contributed by atoms with Crippen LogP contribution in [0.3, 0.4) is 0 Å². The summed E-state index contributed by atoms with van der Waals surface area (Å²) < 4.78 is 0. The minimum absolute atomic E-state index is 0.0105. The summed E-state index contributed by atoms with van der Waals surface area (Å²) in [6.07, 6.45) is 1.74. The number of hydrogen-bond donors (Lipinski definition) is 3. The summed E-state index contributed by atoms with van der Waals surface area (Å²) in [7, 11) is 0. The Morgan fingerprint density at radius 2 is 1.88 bits per heavy atom. The van der Waals surface area contributed by atoms with Crippen molar-refractivity contribution in [3.8, 4) is 0 Å². The molecule has 0 aliphatic carbocycles. The van der Waals surface area contributed by atoms with Gasteiger partial charge in [0.15, 0.2) is 0 Å². The van der Waals surface area contributed by atoms with E-state index in [0.29, 0.717) is 6.54 Å². The number of carbonyl (C=O) groups excluding carboxylic acids is 3. The number of benzene rings is 1. The van der Waals surface area contributed by atoms with Gasteiger partial charge in [0.05, 0.1) is 12.1 Å². The van der Waals surface area contributed by atoms with Crippen LogP contribution in [0.4, 0.5) is 4.79 Å². The van der Waals surface area contributed by atoms with Crippen LogP contribution in [-0.4, -0.2) is 48.4 Å². The lowest BCUT2D eigenvalue weighted by atomic mass is 9.97. The van der Waals surface area contributed by atoms with Crippen molar-refractivity contribution in [1.29, 1.82) is 0 Å². The Morgan fingerprint density at radius 3 is 2.58 bits per heavy atom. The number of likely N-dealkylation sites (tertiary alicyclic amines) is 1. The molecular formula is C19H26N4O3. The fraction of sp³-hybridized carbons (Fsp3) is 0.526. The maximum Gasteiger partial charge on any atom is 0.321 e. The zero-order valence-electron chi connectivity index (χ0n) is 15.0. The minimum atomic E-state index is -0.513. The van der Waals surface area contributed by atoms with Crippen LogP contribution in [0.2, 0.25) is 0 Å². The van der Waals surface area contributed by atoms with Gasteiger partial charge in [-0.25, -0.2) is 4.79 Å². The van der Waals surface area contributed by atoms with Crippen molar-refractivity contribution < 1.29 is 14.4 Å². The molecular weight excluding hydrogens is 332 g/mol. The largest absolute Gasteiger partial charge is 0.334 e. The molecule has 0 radical (unpaired) electrons. The van der Waals surface area contributed by atoms with Crippen LogP contribution in [0.1, 0.15) is 37.8 Å². The molecule has 2 fully saturated rings. The van der Waals surface area contributed by atoms with Crippen molar-refractivity contribution in [3.63, 3.8) is 0 Å². The third-order valence-corrected chi connectivity index (χ3v) is 5.19. The predicted octanol–water partition coefficient (Wildman–Crippen LogP) is 1.17. The maximum atomic E-state index is 12.3. The Hall–Kier alpha value is -2.41. The average molecular weight is 358 g/mol. The average Bonchev–Trinajstić information content (AvgIpc) is 3.02. The molecule has 1 aromatic rings. The molecule has 0 aromatic heterocycles. The van der Waals surface area contributed by atoms with E-state index in [2.05, 4.69) is 16.0 Å². The van der Waals surface area contributed by atoms with Crippen LogP contribution in [0.25, 0.3) is 0 Å². The summed E-state index contributed by atoms with van der Waals surface area (Å²) >= 11 is 0. The first kappa shape index (κ1) is 18.4. The lowest BCUT2D eigenvalue weighted by Gasteiger charge is -2.25. The van der Waals surface area contributed by atoms with Crippen molar-refractivity contribution in [3.05, 3.63) is 35.9 Å². The van der Waals surface area contributed by atoms with E-state index in [1.54, 1.807) is 4.90 Å². The number of hydrogen-bond acceptors (Lipinski definition) is 4. The van der Waals surface area contributed by atoms with E-state index >= 15 is 0 Å². The van der Waals surface area contributed by atoms with Gasteiger partial charge in [-0.3, -0.25) is 14.9 Å². The number of rotatable bonds is 4. The molecule has 2 aliphatic rings. The van der Waals surface area contributed by atoms with Crippen molar-refractivity contribution in [2.45, 2.75) is 38.3 Å². The number of piperidine rings is 1. The highest BCUT2D eigenvalue weighted by Gasteiger charge is 2.34. The Kier molecular flexibility index (Phi) is 5.88. The minimum Gasteiger partial charge on any atom is -0.334 e. The number of imide groups is 1. The first-order chi connectivity index (χ1) is 12.5. The SMILES string of the molecule is CC(c1ccccc1)N1CC(NC(=O)NC(=O)C2CCNCC2)CC1=O. The van der Waals surface area contributed by atoms with E-state index in [9.17, 15) is 14.4 Å². The van der Waals surface area contributed by atoms with Gasteiger partial charge in [-0.05, 0) is 38.4 Å². The zero-order valence-corrected chi connectivity index (χ0v) is 15.0. The van der Waals surface area contributed by atoms with E-state index in [1.165, 1.54) is 0 Å².